The molecular formula is C17H24O3S. The highest BCUT2D eigenvalue weighted by atomic mass is 32.2. The third-order valence-electron chi connectivity index (χ3n) is 3.17. The van der Waals surface area contributed by atoms with Crippen LogP contribution in [0.3, 0.4) is 0 Å². The maximum absolute atomic E-state index is 12.1. The lowest BCUT2D eigenvalue weighted by Crippen LogP contribution is -2.20. The van der Waals surface area contributed by atoms with Crippen LogP contribution in [0, 0.1) is 0 Å². The van der Waals surface area contributed by atoms with Crippen LogP contribution in [-0.4, -0.2) is 22.3 Å². The zero-order valence-electron chi connectivity index (χ0n) is 13.2. The molecule has 0 bridgehead atoms. The van der Waals surface area contributed by atoms with E-state index in [4.69, 9.17) is 4.74 Å². The maximum Gasteiger partial charge on any atom is 0.226 e. The number of thioether (sulfide) groups is 1. The van der Waals surface area contributed by atoms with Gasteiger partial charge < -0.3 is 4.74 Å². The molecule has 3 nitrogen and oxygen atoms in total. The van der Waals surface area contributed by atoms with E-state index in [9.17, 15) is 9.59 Å². The molecule has 2 aliphatic heterocycles. The highest BCUT2D eigenvalue weighted by Gasteiger charge is 2.41. The molecule has 0 aromatic carbocycles. The van der Waals surface area contributed by atoms with Crippen LogP contribution < -0.4 is 0 Å². The highest BCUT2D eigenvalue weighted by Crippen LogP contribution is 2.39. The van der Waals surface area contributed by atoms with Gasteiger partial charge in [0.25, 0.3) is 0 Å². The van der Waals surface area contributed by atoms with Crippen molar-refractivity contribution in [2.75, 3.05) is 0 Å². The molecule has 0 spiro atoms. The summed E-state index contributed by atoms with van der Waals surface area (Å²) in [5.41, 5.74) is 0.281. The number of hydrogen-bond acceptors (Lipinski definition) is 4. The van der Waals surface area contributed by atoms with E-state index >= 15 is 0 Å². The highest BCUT2D eigenvalue weighted by molar-refractivity contribution is 8.14. The van der Waals surface area contributed by atoms with Crippen LogP contribution in [-0.2, 0) is 14.3 Å². The van der Waals surface area contributed by atoms with Crippen LogP contribution in [0.4, 0.5) is 0 Å². The zero-order chi connectivity index (χ0) is 15.8. The van der Waals surface area contributed by atoms with Gasteiger partial charge in [-0.1, -0.05) is 57.7 Å². The smallest absolute Gasteiger partial charge is 0.226 e. The first kappa shape index (κ1) is 17.8. The Morgan fingerprint density at radius 2 is 1.95 bits per heavy atom. The quantitative estimate of drug-likeness (QED) is 0.576. The van der Waals surface area contributed by atoms with E-state index in [1.165, 1.54) is 11.8 Å². The monoisotopic (exact) mass is 308 g/mol. The van der Waals surface area contributed by atoms with Gasteiger partial charge in [-0.15, -0.1) is 0 Å². The molecular weight excluding hydrogens is 284 g/mol. The fourth-order valence-electron chi connectivity index (χ4n) is 2.10. The van der Waals surface area contributed by atoms with Crippen molar-refractivity contribution < 1.29 is 14.3 Å². The number of carbonyl (C=O) groups excluding carboxylic acids is 2. The van der Waals surface area contributed by atoms with Gasteiger partial charge >= 0.3 is 0 Å². The van der Waals surface area contributed by atoms with Gasteiger partial charge in [-0.05, 0) is 18.9 Å². The van der Waals surface area contributed by atoms with Gasteiger partial charge in [0.1, 0.15) is 11.3 Å². The van der Waals surface area contributed by atoms with E-state index in [2.05, 4.69) is 0 Å². The molecule has 0 aromatic rings. The Morgan fingerprint density at radius 3 is 2.57 bits per heavy atom. The molecule has 0 saturated carbocycles. The minimum absolute atomic E-state index is 0.127. The number of ether oxygens (including phenoxy) is 1. The van der Waals surface area contributed by atoms with Crippen molar-refractivity contribution in [3.05, 3.63) is 35.6 Å². The summed E-state index contributed by atoms with van der Waals surface area (Å²) < 4.78 is 5.64. The van der Waals surface area contributed by atoms with Crippen LogP contribution in [0.15, 0.2) is 35.6 Å². The Labute approximate surface area is 131 Å². The Hall–Kier alpha value is -1.29. The van der Waals surface area contributed by atoms with Crippen molar-refractivity contribution in [1.29, 1.82) is 0 Å². The van der Waals surface area contributed by atoms with Gasteiger partial charge in [-0.2, -0.15) is 0 Å². The molecule has 0 amide bonds. The fourth-order valence-corrected chi connectivity index (χ4v) is 3.14. The van der Waals surface area contributed by atoms with Gasteiger partial charge in [0, 0.05) is 11.7 Å². The van der Waals surface area contributed by atoms with Crippen LogP contribution in [0.2, 0.25) is 0 Å². The molecule has 2 aliphatic rings. The molecule has 116 valence electrons. The second-order valence-electron chi connectivity index (χ2n) is 4.56. The molecule has 2 atom stereocenters. The summed E-state index contributed by atoms with van der Waals surface area (Å²) in [5.74, 6) is 0.401. The van der Waals surface area contributed by atoms with E-state index in [-0.39, 0.29) is 21.7 Å². The average Bonchev–Trinajstić information content (AvgIpc) is 2.82. The number of rotatable bonds is 4. The van der Waals surface area contributed by atoms with Crippen molar-refractivity contribution in [3.8, 4) is 0 Å². The summed E-state index contributed by atoms with van der Waals surface area (Å²) in [4.78, 5) is 24.1. The Kier molecular flexibility index (Phi) is 7.51. The van der Waals surface area contributed by atoms with Gasteiger partial charge in [-0.25, -0.2) is 0 Å². The second-order valence-corrected chi connectivity index (χ2v) is 5.84. The number of carbonyl (C=O) groups is 2. The van der Waals surface area contributed by atoms with Crippen LogP contribution in [0.1, 0.15) is 47.0 Å². The summed E-state index contributed by atoms with van der Waals surface area (Å²) in [6.45, 7) is 8.09. The summed E-state index contributed by atoms with van der Waals surface area (Å²) in [5, 5.41) is 0.111. The number of Topliss-reactive ketones (excluding diaryl/α,β-unsaturated/α-hetero) is 1. The first-order valence-corrected chi connectivity index (χ1v) is 8.53. The normalized spacial score (nSPS) is 25.1. The van der Waals surface area contributed by atoms with Gasteiger partial charge in [-0.3, -0.25) is 9.59 Å². The Morgan fingerprint density at radius 1 is 1.24 bits per heavy atom. The van der Waals surface area contributed by atoms with Crippen LogP contribution >= 0.6 is 11.8 Å². The van der Waals surface area contributed by atoms with Gasteiger partial charge in [0.2, 0.25) is 10.9 Å². The first-order chi connectivity index (χ1) is 10.2. The molecule has 0 saturated heterocycles. The van der Waals surface area contributed by atoms with Gasteiger partial charge in [0.15, 0.2) is 6.10 Å². The molecule has 0 fully saturated rings. The summed E-state index contributed by atoms with van der Waals surface area (Å²) in [6, 6.07) is 0. The molecule has 0 N–H and O–H groups in total. The zero-order valence-corrected chi connectivity index (χ0v) is 14.0. The van der Waals surface area contributed by atoms with Crippen molar-refractivity contribution in [2.24, 2.45) is 0 Å². The second kappa shape index (κ2) is 8.88. The van der Waals surface area contributed by atoms with E-state index in [0.29, 0.717) is 12.2 Å². The molecule has 0 aliphatic carbocycles. The molecule has 2 unspecified atom stereocenters. The van der Waals surface area contributed by atoms with Crippen LogP contribution in [0.5, 0.6) is 0 Å². The van der Waals surface area contributed by atoms with E-state index in [0.717, 1.165) is 12.8 Å². The summed E-state index contributed by atoms with van der Waals surface area (Å²) >= 11 is 1.26. The number of hydrogen-bond donors (Lipinski definition) is 0. The molecule has 2 rings (SSSR count). The fraction of sp³-hybridized carbons (Fsp3) is 0.529. The standard InChI is InChI=1S/C15H18O3S.C2H6/c1-3-5-6-7-8-11-14(16)13-12(18-11)9-10(4-2)19-15(13)17;1-2/h5-8,10-11H,3-4,9H2,1-2H3;1-2H3/b6-5+,8-7+;. The topological polar surface area (TPSA) is 43.4 Å². The summed E-state index contributed by atoms with van der Waals surface area (Å²) in [7, 11) is 0. The first-order valence-electron chi connectivity index (χ1n) is 7.65. The lowest BCUT2D eigenvalue weighted by molar-refractivity contribution is -0.120. The SMILES string of the molecule is CC.CC/C=C/C=C/C1OC2=C(C(=O)SC(CC)C2)C1=O. The average molecular weight is 308 g/mol. The van der Waals surface area contributed by atoms with E-state index in [1.807, 2.05) is 39.8 Å². The van der Waals surface area contributed by atoms with Crippen molar-refractivity contribution >= 4 is 22.7 Å². The van der Waals surface area contributed by atoms with Crippen molar-refractivity contribution in [3.63, 3.8) is 0 Å². The minimum Gasteiger partial charge on any atom is -0.481 e. The molecule has 4 heteroatoms. The lowest BCUT2D eigenvalue weighted by Gasteiger charge is -2.18. The molecule has 0 aromatic heterocycles. The number of ketones is 1. The van der Waals surface area contributed by atoms with Crippen molar-refractivity contribution in [2.45, 2.75) is 58.3 Å². The predicted molar refractivity (Wildman–Crippen MR) is 88.1 cm³/mol. The van der Waals surface area contributed by atoms with Crippen molar-refractivity contribution in [1.82, 2.24) is 0 Å². The van der Waals surface area contributed by atoms with Gasteiger partial charge in [0.05, 0.1) is 0 Å². The van der Waals surface area contributed by atoms with E-state index < -0.39 is 6.10 Å². The molecule has 2 heterocycles. The largest absolute Gasteiger partial charge is 0.481 e. The van der Waals surface area contributed by atoms with Crippen LogP contribution in [0.25, 0.3) is 0 Å². The third-order valence-corrected chi connectivity index (χ3v) is 4.42. The number of allylic oxidation sites excluding steroid dienone is 4. The maximum atomic E-state index is 12.1. The molecule has 0 radical (unpaired) electrons. The molecule has 21 heavy (non-hydrogen) atoms. The third kappa shape index (κ3) is 4.34. The Balaban J connectivity index is 0.00000106. The summed E-state index contributed by atoms with van der Waals surface area (Å²) in [6.07, 6.45) is 9.33. The predicted octanol–water partition coefficient (Wildman–Crippen LogP) is 4.20. The Bertz CT molecular complexity index is 474. The lowest BCUT2D eigenvalue weighted by atomic mass is 10.1. The minimum atomic E-state index is -0.619. The van der Waals surface area contributed by atoms with E-state index in [1.54, 1.807) is 12.2 Å².